The van der Waals surface area contributed by atoms with Crippen molar-refractivity contribution >= 4 is 5.91 Å². The molecule has 0 radical (unpaired) electrons. The molecule has 3 heterocycles. The summed E-state index contributed by atoms with van der Waals surface area (Å²) in [5, 5.41) is 7.45. The van der Waals surface area contributed by atoms with Gasteiger partial charge in [0.1, 0.15) is 12.4 Å². The Kier molecular flexibility index (Phi) is 8.18. The number of nitrogens with one attached hydrogen (secondary N) is 1. The number of aromatic nitrogens is 2. The molecule has 0 saturated carbocycles. The van der Waals surface area contributed by atoms with Gasteiger partial charge in [0.2, 0.25) is 0 Å². The smallest absolute Gasteiger partial charge is 0.257 e. The highest BCUT2D eigenvalue weighted by Crippen LogP contribution is 2.30. The Morgan fingerprint density at radius 1 is 1.12 bits per heavy atom. The molecule has 1 unspecified atom stereocenters. The molecular weight excluding hydrogens is 404 g/mol. The van der Waals surface area contributed by atoms with E-state index < -0.39 is 0 Å². The molecule has 2 aromatic rings. The van der Waals surface area contributed by atoms with Crippen molar-refractivity contribution in [2.24, 2.45) is 0 Å². The molecule has 2 aliphatic heterocycles. The number of rotatable bonds is 8. The average molecular weight is 441 g/mol. The summed E-state index contributed by atoms with van der Waals surface area (Å²) in [5.74, 6) is 1.33. The Hall–Kier alpha value is -2.38. The standard InChI is InChI=1S/C25H36N4O3/c1-31-14-15-32-22-10-6-8-20(16-22)18-28-11-7-9-21(19-28)24-23(17-26-27-24)25(30)29-12-4-2-3-5-13-29/h6,8,10,16-17,21H,2-5,7,9,11-15,18-19H2,1H3,(H,26,27). The third kappa shape index (κ3) is 5.90. The molecule has 4 rings (SSSR count). The van der Waals surface area contributed by atoms with Gasteiger partial charge in [-0.15, -0.1) is 0 Å². The maximum atomic E-state index is 13.2. The molecule has 1 aromatic carbocycles. The number of likely N-dealkylation sites (tertiary alicyclic amines) is 2. The number of piperidine rings is 1. The fourth-order valence-electron chi connectivity index (χ4n) is 4.89. The normalized spacial score (nSPS) is 20.2. The van der Waals surface area contributed by atoms with Crippen molar-refractivity contribution in [3.05, 3.63) is 47.3 Å². The highest BCUT2D eigenvalue weighted by atomic mass is 16.5. The SMILES string of the molecule is COCCOc1cccc(CN2CCCC(c3[nH]ncc3C(=O)N3CCCCCC3)C2)c1. The molecule has 2 saturated heterocycles. The molecule has 1 atom stereocenters. The first kappa shape index (κ1) is 22.8. The molecule has 7 heteroatoms. The van der Waals surface area contributed by atoms with E-state index >= 15 is 0 Å². The summed E-state index contributed by atoms with van der Waals surface area (Å²) in [6, 6.07) is 8.30. The second kappa shape index (κ2) is 11.5. The van der Waals surface area contributed by atoms with Crippen LogP contribution in [-0.2, 0) is 11.3 Å². The predicted octanol–water partition coefficient (Wildman–Crippen LogP) is 3.83. The van der Waals surface area contributed by atoms with Crippen LogP contribution in [0.3, 0.4) is 0 Å². The van der Waals surface area contributed by atoms with Gasteiger partial charge in [-0.2, -0.15) is 5.10 Å². The summed E-state index contributed by atoms with van der Waals surface area (Å²) >= 11 is 0. The van der Waals surface area contributed by atoms with Crippen LogP contribution in [0.2, 0.25) is 0 Å². The number of carbonyl (C=O) groups is 1. The van der Waals surface area contributed by atoms with Gasteiger partial charge in [0.25, 0.3) is 5.91 Å². The number of benzene rings is 1. The van der Waals surface area contributed by atoms with Crippen LogP contribution < -0.4 is 4.74 Å². The minimum atomic E-state index is 0.147. The van der Waals surface area contributed by atoms with Gasteiger partial charge in [0, 0.05) is 39.2 Å². The van der Waals surface area contributed by atoms with Crippen molar-refractivity contribution in [2.45, 2.75) is 51.0 Å². The van der Waals surface area contributed by atoms with E-state index in [0.29, 0.717) is 19.1 Å². The fourth-order valence-corrected chi connectivity index (χ4v) is 4.89. The second-order valence-electron chi connectivity index (χ2n) is 8.97. The first-order chi connectivity index (χ1) is 15.7. The lowest BCUT2D eigenvalue weighted by molar-refractivity contribution is 0.0759. The van der Waals surface area contributed by atoms with Crippen LogP contribution in [0.25, 0.3) is 0 Å². The second-order valence-corrected chi connectivity index (χ2v) is 8.97. The van der Waals surface area contributed by atoms with E-state index in [2.05, 4.69) is 27.2 Å². The number of methoxy groups -OCH3 is 1. The van der Waals surface area contributed by atoms with Gasteiger partial charge in [-0.25, -0.2) is 0 Å². The van der Waals surface area contributed by atoms with Crippen LogP contribution in [0.4, 0.5) is 0 Å². The Labute approximate surface area is 191 Å². The molecule has 1 N–H and O–H groups in total. The topological polar surface area (TPSA) is 70.7 Å². The van der Waals surface area contributed by atoms with Crippen molar-refractivity contribution in [3.8, 4) is 5.75 Å². The molecule has 2 fully saturated rings. The Morgan fingerprint density at radius 3 is 2.78 bits per heavy atom. The molecule has 1 aromatic heterocycles. The fraction of sp³-hybridized carbons (Fsp3) is 0.600. The van der Waals surface area contributed by atoms with Crippen molar-refractivity contribution < 1.29 is 14.3 Å². The van der Waals surface area contributed by atoms with E-state index in [-0.39, 0.29) is 5.91 Å². The first-order valence-electron chi connectivity index (χ1n) is 12.0. The van der Waals surface area contributed by atoms with E-state index in [0.717, 1.165) is 75.4 Å². The molecule has 0 spiro atoms. The average Bonchev–Trinajstić information content (AvgIpc) is 3.14. The molecular formula is C25H36N4O3. The van der Waals surface area contributed by atoms with E-state index in [1.54, 1.807) is 13.3 Å². The van der Waals surface area contributed by atoms with Crippen LogP contribution >= 0.6 is 0 Å². The van der Waals surface area contributed by atoms with Crippen LogP contribution in [0.1, 0.15) is 66.1 Å². The molecule has 32 heavy (non-hydrogen) atoms. The lowest BCUT2D eigenvalue weighted by atomic mass is 9.92. The van der Waals surface area contributed by atoms with Gasteiger partial charge in [0.05, 0.1) is 24.1 Å². The van der Waals surface area contributed by atoms with Crippen molar-refractivity contribution in [3.63, 3.8) is 0 Å². The summed E-state index contributed by atoms with van der Waals surface area (Å²) < 4.78 is 10.8. The largest absolute Gasteiger partial charge is 0.491 e. The van der Waals surface area contributed by atoms with E-state index in [4.69, 9.17) is 9.47 Å². The van der Waals surface area contributed by atoms with Crippen LogP contribution in [0.15, 0.2) is 30.5 Å². The lowest BCUT2D eigenvalue weighted by Crippen LogP contribution is -2.36. The van der Waals surface area contributed by atoms with Gasteiger partial charge in [-0.05, 0) is 49.9 Å². The van der Waals surface area contributed by atoms with Gasteiger partial charge in [-0.1, -0.05) is 25.0 Å². The summed E-state index contributed by atoms with van der Waals surface area (Å²) in [4.78, 5) is 17.7. The number of aromatic amines is 1. The number of H-pyrrole nitrogens is 1. The monoisotopic (exact) mass is 440 g/mol. The minimum Gasteiger partial charge on any atom is -0.491 e. The molecule has 0 bridgehead atoms. The lowest BCUT2D eigenvalue weighted by Gasteiger charge is -2.33. The summed E-state index contributed by atoms with van der Waals surface area (Å²) in [7, 11) is 1.68. The zero-order valence-electron chi connectivity index (χ0n) is 19.2. The molecule has 1 amide bonds. The van der Waals surface area contributed by atoms with Crippen molar-refractivity contribution in [2.75, 3.05) is 46.5 Å². The zero-order chi connectivity index (χ0) is 22.2. The Bertz CT molecular complexity index is 860. The number of hydrogen-bond donors (Lipinski definition) is 1. The number of nitrogens with zero attached hydrogens (tertiary/aromatic N) is 3. The van der Waals surface area contributed by atoms with Gasteiger partial charge in [-0.3, -0.25) is 14.8 Å². The predicted molar refractivity (Wildman–Crippen MR) is 124 cm³/mol. The Balaban J connectivity index is 1.39. The number of ether oxygens (including phenoxy) is 2. The third-order valence-electron chi connectivity index (χ3n) is 6.57. The van der Waals surface area contributed by atoms with Crippen LogP contribution in [0.5, 0.6) is 5.75 Å². The third-order valence-corrected chi connectivity index (χ3v) is 6.57. The number of carbonyl (C=O) groups excluding carboxylic acids is 1. The summed E-state index contributed by atoms with van der Waals surface area (Å²) in [6.45, 7) is 5.74. The van der Waals surface area contributed by atoms with Gasteiger partial charge in [0.15, 0.2) is 0 Å². The van der Waals surface area contributed by atoms with Crippen LogP contribution in [-0.4, -0.2) is 72.4 Å². The summed E-state index contributed by atoms with van der Waals surface area (Å²) in [6.07, 6.45) is 8.58. The van der Waals surface area contributed by atoms with E-state index in [1.807, 2.05) is 17.0 Å². The van der Waals surface area contributed by atoms with E-state index in [1.165, 1.54) is 18.4 Å². The molecule has 2 aliphatic rings. The first-order valence-corrected chi connectivity index (χ1v) is 12.0. The summed E-state index contributed by atoms with van der Waals surface area (Å²) in [5.41, 5.74) is 3.03. The molecule has 0 aliphatic carbocycles. The highest BCUT2D eigenvalue weighted by Gasteiger charge is 2.29. The Morgan fingerprint density at radius 2 is 1.97 bits per heavy atom. The minimum absolute atomic E-state index is 0.147. The highest BCUT2D eigenvalue weighted by molar-refractivity contribution is 5.95. The quantitative estimate of drug-likeness (QED) is 0.632. The van der Waals surface area contributed by atoms with E-state index in [9.17, 15) is 4.79 Å². The molecule has 174 valence electrons. The maximum Gasteiger partial charge on any atom is 0.257 e. The molecule has 7 nitrogen and oxygen atoms in total. The van der Waals surface area contributed by atoms with Crippen LogP contribution in [0, 0.1) is 0 Å². The van der Waals surface area contributed by atoms with Crippen molar-refractivity contribution in [1.82, 2.24) is 20.0 Å². The number of amides is 1. The van der Waals surface area contributed by atoms with Gasteiger partial charge < -0.3 is 14.4 Å². The maximum absolute atomic E-state index is 13.2. The number of hydrogen-bond acceptors (Lipinski definition) is 5. The zero-order valence-corrected chi connectivity index (χ0v) is 19.2. The van der Waals surface area contributed by atoms with Crippen molar-refractivity contribution in [1.29, 1.82) is 0 Å². The van der Waals surface area contributed by atoms with Gasteiger partial charge >= 0.3 is 0 Å².